The molecule has 2 aliphatic carbocycles. The molecule has 8 aromatic rings. The molecule has 2 heterocycles. The van der Waals surface area contributed by atoms with Gasteiger partial charge in [0.25, 0.3) is 0 Å². The zero-order valence-electron chi connectivity index (χ0n) is 43.3. The smallest absolute Gasteiger partial charge is 0.168 e. The van der Waals surface area contributed by atoms with Crippen molar-refractivity contribution in [1.82, 2.24) is 8.88 Å². The molecule has 8 aromatic carbocycles. The summed E-state index contributed by atoms with van der Waals surface area (Å²) in [5, 5.41) is 1.03. The van der Waals surface area contributed by atoms with Crippen LogP contribution < -0.4 is 21.2 Å². The van der Waals surface area contributed by atoms with Crippen LogP contribution in [0, 0.1) is 34.9 Å². The van der Waals surface area contributed by atoms with E-state index in [1.165, 1.54) is 24.3 Å². The van der Waals surface area contributed by atoms with Gasteiger partial charge in [-0.15, -0.1) is 0 Å². The van der Waals surface area contributed by atoms with Crippen LogP contribution in [-0.4, -0.2) is 21.0 Å². The molecule has 12 heteroatoms. The highest BCUT2D eigenvalue weighted by Gasteiger charge is 2.54. The number of rotatable bonds is 15. The van der Waals surface area contributed by atoms with Gasteiger partial charge in [-0.25, -0.2) is 35.2 Å². The van der Waals surface area contributed by atoms with Crippen LogP contribution in [-0.2, 0) is 0 Å². The van der Waals surface area contributed by atoms with Crippen LogP contribution in [0.1, 0.15) is 127 Å². The Bertz CT molecular complexity index is 3220. The summed E-state index contributed by atoms with van der Waals surface area (Å²) in [4.78, 5) is 0. The second-order valence-electron chi connectivity index (χ2n) is 21.3. The Hall–Kier alpha value is -5.02. The second-order valence-corrected chi connectivity index (χ2v) is 30.7. The third kappa shape index (κ3) is 10.5. The fourth-order valence-corrected chi connectivity index (χ4v) is 28.8. The third-order valence-corrected chi connectivity index (χ3v) is 30.1. The summed E-state index contributed by atoms with van der Waals surface area (Å²) in [5.74, 6) is -5.34. The zero-order valence-corrected chi connectivity index (χ0v) is 46.9. The molecule has 0 aromatic heterocycles. The largest absolute Gasteiger partial charge is 0.248 e. The Morgan fingerprint density at radius 1 is 0.333 bits per heavy atom. The van der Waals surface area contributed by atoms with Crippen LogP contribution in [0.25, 0.3) is 0 Å². The van der Waals surface area contributed by atoms with Crippen molar-refractivity contribution in [3.05, 3.63) is 263 Å². The van der Waals surface area contributed by atoms with E-state index in [1.807, 2.05) is 103 Å². The zero-order chi connectivity index (χ0) is 53.3. The maximum absolute atomic E-state index is 18.0. The summed E-state index contributed by atoms with van der Waals surface area (Å²) in [7, 11) is -6.83. The van der Waals surface area contributed by atoms with Gasteiger partial charge < -0.3 is 0 Å². The standard InChI is InChI=1S/C66H62F6N2P4/c67-53-34-16-18-37-59(53)76(60-38-19-17-35-54(60)68)74(50-30-14-5-15-31-50)78-62(47-26-10-3-11-27-47)44-52(66(78)48-28-12-4-13-29-48)49-42-56(70)65(72)63(43-49)77(61-39-21-36-55(69)64(61)71)73(51-32-20-33-51)75-57(45-22-6-1-7-23-45)40-41-58(75)46-24-8-2-9-25-46/h1-4,6-13,16-19,21-29,34-39,42-43,50-52,57-58,62,66H,5,14-15,20,30-33,40-41,44H2/t52?,57-,58-,62-,66+,77?,78?/m0/s1. The monoisotopic (exact) mass is 1120 g/mol. The van der Waals surface area contributed by atoms with E-state index in [1.54, 1.807) is 18.2 Å². The van der Waals surface area contributed by atoms with Crippen LogP contribution in [0.3, 0.4) is 0 Å². The quantitative estimate of drug-likeness (QED) is 0.0746. The van der Waals surface area contributed by atoms with E-state index in [9.17, 15) is 0 Å². The fourth-order valence-electron chi connectivity index (χ4n) is 12.9. The molecular formula is C66H62F6N2P4. The van der Waals surface area contributed by atoms with Gasteiger partial charge in [-0.3, -0.25) is 0 Å². The van der Waals surface area contributed by atoms with Crippen molar-refractivity contribution in [2.24, 2.45) is 0 Å². The molecule has 4 fully saturated rings. The molecule has 398 valence electrons. The van der Waals surface area contributed by atoms with E-state index in [2.05, 4.69) is 57.4 Å². The van der Waals surface area contributed by atoms with Crippen LogP contribution in [0.5, 0.6) is 0 Å². The predicted octanol–water partition coefficient (Wildman–Crippen LogP) is 18.4. The summed E-state index contributed by atoms with van der Waals surface area (Å²) in [6.07, 6.45) is 9.48. The molecule has 0 radical (unpaired) electrons. The molecule has 0 amide bonds. The first-order chi connectivity index (χ1) is 38.2. The van der Waals surface area contributed by atoms with E-state index < -0.39 is 73.1 Å². The highest BCUT2D eigenvalue weighted by atomic mass is 31.2. The third-order valence-electron chi connectivity index (χ3n) is 16.7. The van der Waals surface area contributed by atoms with Gasteiger partial charge in [0.1, 0.15) is 11.6 Å². The average Bonchev–Trinajstić information content (AvgIpc) is 4.26. The van der Waals surface area contributed by atoms with E-state index >= 15 is 26.3 Å². The lowest BCUT2D eigenvalue weighted by Crippen LogP contribution is -2.40. The molecule has 7 atom stereocenters. The van der Waals surface area contributed by atoms with Crippen molar-refractivity contribution in [3.8, 4) is 0 Å². The van der Waals surface area contributed by atoms with Gasteiger partial charge in [-0.1, -0.05) is 177 Å². The van der Waals surface area contributed by atoms with Crippen LogP contribution in [0.2, 0.25) is 0 Å². The number of benzene rings is 8. The van der Waals surface area contributed by atoms with Crippen LogP contribution >= 0.6 is 32.3 Å². The minimum Gasteiger partial charge on any atom is -0.248 e. The lowest BCUT2D eigenvalue weighted by Gasteiger charge is -2.49. The molecule has 4 aliphatic rings. The van der Waals surface area contributed by atoms with Gasteiger partial charge >= 0.3 is 0 Å². The first-order valence-electron chi connectivity index (χ1n) is 27.6. The Labute approximate surface area is 460 Å². The number of halogens is 6. The van der Waals surface area contributed by atoms with E-state index in [0.29, 0.717) is 22.6 Å². The first-order valence-corrected chi connectivity index (χ1v) is 33.1. The van der Waals surface area contributed by atoms with Crippen LogP contribution in [0.4, 0.5) is 26.3 Å². The van der Waals surface area contributed by atoms with E-state index in [0.717, 1.165) is 92.5 Å². The van der Waals surface area contributed by atoms with Crippen molar-refractivity contribution in [1.29, 1.82) is 0 Å². The highest BCUT2D eigenvalue weighted by Crippen LogP contribution is 2.81. The molecule has 3 unspecified atom stereocenters. The SMILES string of the molecule is Fc1ccccc1P(c1ccccc1F)N(C1CCCCC1)P1[C@H](c2ccccc2)C(c2cc(F)c(F)c(P(c3cccc(F)c3F)N(C3CCC3)P3[C@H](c4ccccc4)CC[C@H]3c3ccccc3)c2)C[C@H]1c1ccccc1. The Morgan fingerprint density at radius 3 is 1.27 bits per heavy atom. The molecule has 78 heavy (non-hydrogen) atoms. The molecule has 0 N–H and O–H groups in total. The summed E-state index contributed by atoms with van der Waals surface area (Å²) in [5.41, 5.74) is 4.55. The number of hydrogen-bond donors (Lipinski definition) is 0. The van der Waals surface area contributed by atoms with Gasteiger partial charge in [0.15, 0.2) is 23.3 Å². The van der Waals surface area contributed by atoms with Gasteiger partial charge in [0.05, 0.1) is 0 Å². The van der Waals surface area contributed by atoms with Crippen molar-refractivity contribution in [2.45, 2.75) is 111 Å². The van der Waals surface area contributed by atoms with E-state index in [-0.39, 0.29) is 45.3 Å². The lowest BCUT2D eigenvalue weighted by atomic mass is 9.87. The molecule has 0 spiro atoms. The molecule has 2 nitrogen and oxygen atoms in total. The van der Waals surface area contributed by atoms with Crippen molar-refractivity contribution < 1.29 is 26.3 Å². The molecule has 0 bridgehead atoms. The Balaban J connectivity index is 1.09. The van der Waals surface area contributed by atoms with Gasteiger partial charge in [-0.2, -0.15) is 0 Å². The van der Waals surface area contributed by atoms with Crippen LogP contribution in [0.15, 0.2) is 200 Å². The highest BCUT2D eigenvalue weighted by molar-refractivity contribution is 7.80. The summed E-state index contributed by atoms with van der Waals surface area (Å²) < 4.78 is 108. The van der Waals surface area contributed by atoms with Gasteiger partial charge in [0, 0.05) is 72.1 Å². The summed E-state index contributed by atoms with van der Waals surface area (Å²) >= 11 is 0. The fraction of sp³-hybridized carbons (Fsp3) is 0.273. The Kier molecular flexibility index (Phi) is 16.5. The minimum absolute atomic E-state index is 0.0294. The average molecular weight is 1120 g/mol. The maximum atomic E-state index is 18.0. The number of nitrogens with zero attached hydrogens (tertiary/aromatic N) is 2. The van der Waals surface area contributed by atoms with Crippen molar-refractivity contribution in [3.63, 3.8) is 0 Å². The topological polar surface area (TPSA) is 6.48 Å². The van der Waals surface area contributed by atoms with Crippen molar-refractivity contribution >= 4 is 53.5 Å². The molecular weight excluding hydrogens is 1060 g/mol. The first kappa shape index (κ1) is 53.6. The lowest BCUT2D eigenvalue weighted by molar-refractivity contribution is 0.313. The minimum atomic E-state index is -2.25. The summed E-state index contributed by atoms with van der Waals surface area (Å²) in [6, 6.07) is 62.4. The number of hydrogen-bond acceptors (Lipinski definition) is 2. The van der Waals surface area contributed by atoms with Gasteiger partial charge in [-0.05, 0) is 143 Å². The normalized spacial score (nSPS) is 22.6. The van der Waals surface area contributed by atoms with Gasteiger partial charge in [0.2, 0.25) is 0 Å². The van der Waals surface area contributed by atoms with Crippen molar-refractivity contribution in [2.75, 3.05) is 0 Å². The second kappa shape index (κ2) is 24.0. The molecule has 2 saturated heterocycles. The molecule has 2 saturated carbocycles. The summed E-state index contributed by atoms with van der Waals surface area (Å²) in [6.45, 7) is 0. The maximum Gasteiger partial charge on any atom is 0.168 e. The predicted molar refractivity (Wildman–Crippen MR) is 313 cm³/mol. The van der Waals surface area contributed by atoms with E-state index in [4.69, 9.17) is 0 Å². The Morgan fingerprint density at radius 2 is 0.756 bits per heavy atom. The molecule has 12 rings (SSSR count). The molecule has 2 aliphatic heterocycles.